The third kappa shape index (κ3) is 4.16. The summed E-state index contributed by atoms with van der Waals surface area (Å²) in [7, 11) is 1.96. The van der Waals surface area contributed by atoms with E-state index in [1.54, 1.807) is 18.3 Å². The molecule has 1 N–H and O–H groups in total. The van der Waals surface area contributed by atoms with Crippen LogP contribution in [0, 0.1) is 0 Å². The average Bonchev–Trinajstić information content (AvgIpc) is 2.59. The second kappa shape index (κ2) is 7.51. The Morgan fingerprint density at radius 3 is 2.54 bits per heavy atom. The van der Waals surface area contributed by atoms with Gasteiger partial charge in [-0.1, -0.05) is 53.5 Å². The number of halogens is 2. The summed E-state index contributed by atoms with van der Waals surface area (Å²) < 4.78 is 0. The SMILES string of the molecule is CN(Cc1ccccc1)c1nccc(Nc2ccc(Cl)c(Cl)c2)n1. The molecule has 3 rings (SSSR count). The van der Waals surface area contributed by atoms with Crippen LogP contribution < -0.4 is 10.2 Å². The van der Waals surface area contributed by atoms with Crippen molar-refractivity contribution < 1.29 is 0 Å². The van der Waals surface area contributed by atoms with E-state index in [1.807, 2.05) is 42.3 Å². The highest BCUT2D eigenvalue weighted by molar-refractivity contribution is 6.42. The molecule has 0 fully saturated rings. The maximum absolute atomic E-state index is 6.04. The minimum Gasteiger partial charge on any atom is -0.340 e. The van der Waals surface area contributed by atoms with E-state index in [-0.39, 0.29) is 0 Å². The molecule has 0 aliphatic rings. The van der Waals surface area contributed by atoms with Crippen molar-refractivity contribution in [1.29, 1.82) is 0 Å². The Kier molecular flexibility index (Phi) is 5.18. The second-order valence-electron chi connectivity index (χ2n) is 5.34. The van der Waals surface area contributed by atoms with Crippen molar-refractivity contribution in [2.24, 2.45) is 0 Å². The Balaban J connectivity index is 1.74. The van der Waals surface area contributed by atoms with E-state index in [0.29, 0.717) is 21.8 Å². The fraction of sp³-hybridized carbons (Fsp3) is 0.111. The van der Waals surface area contributed by atoms with Crippen LogP contribution in [0.15, 0.2) is 60.8 Å². The van der Waals surface area contributed by atoms with Gasteiger partial charge in [0.05, 0.1) is 10.0 Å². The lowest BCUT2D eigenvalue weighted by molar-refractivity contribution is 0.868. The zero-order valence-corrected chi connectivity index (χ0v) is 14.6. The number of benzene rings is 2. The van der Waals surface area contributed by atoms with Gasteiger partial charge in [-0.3, -0.25) is 0 Å². The first-order valence-corrected chi connectivity index (χ1v) is 8.17. The molecule has 0 amide bonds. The van der Waals surface area contributed by atoms with Crippen molar-refractivity contribution in [3.63, 3.8) is 0 Å². The highest BCUT2D eigenvalue weighted by atomic mass is 35.5. The van der Waals surface area contributed by atoms with Crippen LogP contribution >= 0.6 is 23.2 Å². The van der Waals surface area contributed by atoms with Crippen molar-refractivity contribution in [1.82, 2.24) is 9.97 Å². The Bertz CT molecular complexity index is 824. The maximum Gasteiger partial charge on any atom is 0.227 e. The molecule has 0 atom stereocenters. The highest BCUT2D eigenvalue weighted by Gasteiger charge is 2.07. The minimum atomic E-state index is 0.497. The molecule has 122 valence electrons. The largest absolute Gasteiger partial charge is 0.340 e. The lowest BCUT2D eigenvalue weighted by atomic mass is 10.2. The number of nitrogens with one attached hydrogen (secondary N) is 1. The Labute approximate surface area is 151 Å². The highest BCUT2D eigenvalue weighted by Crippen LogP contribution is 2.26. The first-order chi connectivity index (χ1) is 11.6. The Morgan fingerprint density at radius 1 is 1.00 bits per heavy atom. The number of aromatic nitrogens is 2. The van der Waals surface area contributed by atoms with Gasteiger partial charge < -0.3 is 10.2 Å². The Morgan fingerprint density at radius 2 is 1.79 bits per heavy atom. The topological polar surface area (TPSA) is 41.1 Å². The summed E-state index contributed by atoms with van der Waals surface area (Å²) in [5.41, 5.74) is 2.02. The van der Waals surface area contributed by atoms with Crippen LogP contribution in [0.5, 0.6) is 0 Å². The molecule has 0 aliphatic carbocycles. The molecule has 24 heavy (non-hydrogen) atoms. The Hall–Kier alpha value is -2.30. The van der Waals surface area contributed by atoms with Gasteiger partial charge in [0.1, 0.15) is 5.82 Å². The van der Waals surface area contributed by atoms with Gasteiger partial charge in [0.25, 0.3) is 0 Å². The van der Waals surface area contributed by atoms with Crippen molar-refractivity contribution >= 4 is 40.7 Å². The van der Waals surface area contributed by atoms with Crippen LogP contribution in [0.2, 0.25) is 10.0 Å². The van der Waals surface area contributed by atoms with Crippen LogP contribution in [0.4, 0.5) is 17.5 Å². The maximum atomic E-state index is 6.04. The molecule has 0 unspecified atom stereocenters. The lowest BCUT2D eigenvalue weighted by Crippen LogP contribution is -2.19. The van der Waals surface area contributed by atoms with Crippen molar-refractivity contribution in [3.8, 4) is 0 Å². The molecule has 0 saturated carbocycles. The van der Waals surface area contributed by atoms with Gasteiger partial charge in [-0.25, -0.2) is 4.98 Å². The zero-order chi connectivity index (χ0) is 16.9. The first kappa shape index (κ1) is 16.6. The third-order valence-electron chi connectivity index (χ3n) is 3.44. The van der Waals surface area contributed by atoms with Crippen molar-refractivity contribution in [3.05, 3.63) is 76.4 Å². The molecule has 1 heterocycles. The third-order valence-corrected chi connectivity index (χ3v) is 4.18. The monoisotopic (exact) mass is 358 g/mol. The van der Waals surface area contributed by atoms with Crippen molar-refractivity contribution in [2.75, 3.05) is 17.3 Å². The predicted molar refractivity (Wildman–Crippen MR) is 100 cm³/mol. The molecule has 4 nitrogen and oxygen atoms in total. The smallest absolute Gasteiger partial charge is 0.227 e. The summed E-state index contributed by atoms with van der Waals surface area (Å²) in [5.74, 6) is 1.34. The normalized spacial score (nSPS) is 10.5. The summed E-state index contributed by atoms with van der Waals surface area (Å²) in [6, 6.07) is 17.4. The van der Waals surface area contributed by atoms with Crippen LogP contribution in [-0.2, 0) is 6.54 Å². The van der Waals surface area contributed by atoms with Gasteiger partial charge in [-0.2, -0.15) is 4.98 Å². The molecule has 0 radical (unpaired) electrons. The number of hydrogen-bond donors (Lipinski definition) is 1. The van der Waals surface area contributed by atoms with Gasteiger partial charge in [0.2, 0.25) is 5.95 Å². The van der Waals surface area contributed by atoms with E-state index < -0.39 is 0 Å². The summed E-state index contributed by atoms with van der Waals surface area (Å²) in [5, 5.41) is 4.23. The summed E-state index contributed by atoms with van der Waals surface area (Å²) in [4.78, 5) is 10.9. The van der Waals surface area contributed by atoms with Crippen LogP contribution in [0.1, 0.15) is 5.56 Å². The molecular weight excluding hydrogens is 343 g/mol. The van der Waals surface area contributed by atoms with Gasteiger partial charge in [-0.15, -0.1) is 0 Å². The molecule has 6 heteroatoms. The predicted octanol–water partition coefficient (Wildman–Crippen LogP) is 5.16. The van der Waals surface area contributed by atoms with E-state index >= 15 is 0 Å². The van der Waals surface area contributed by atoms with Gasteiger partial charge in [0.15, 0.2) is 0 Å². The number of anilines is 3. The minimum absolute atomic E-state index is 0.497. The van der Waals surface area contributed by atoms with Crippen LogP contribution in [-0.4, -0.2) is 17.0 Å². The quantitative estimate of drug-likeness (QED) is 0.683. The standard InChI is InChI=1S/C18H16Cl2N4/c1-24(12-13-5-3-2-4-6-13)18-21-10-9-17(23-18)22-14-7-8-15(19)16(20)11-14/h2-11H,12H2,1H3,(H,21,22,23). The van der Waals surface area contributed by atoms with E-state index in [2.05, 4.69) is 27.4 Å². The summed E-state index contributed by atoms with van der Waals surface area (Å²) in [6.07, 6.45) is 1.73. The van der Waals surface area contributed by atoms with E-state index in [4.69, 9.17) is 23.2 Å². The summed E-state index contributed by atoms with van der Waals surface area (Å²) >= 11 is 12.0. The van der Waals surface area contributed by atoms with Gasteiger partial charge in [-0.05, 0) is 29.8 Å². The average molecular weight is 359 g/mol. The fourth-order valence-electron chi connectivity index (χ4n) is 2.25. The molecule has 0 aliphatic heterocycles. The zero-order valence-electron chi connectivity index (χ0n) is 13.1. The molecule has 3 aromatic rings. The number of hydrogen-bond acceptors (Lipinski definition) is 4. The van der Waals surface area contributed by atoms with Crippen LogP contribution in [0.3, 0.4) is 0 Å². The van der Waals surface area contributed by atoms with E-state index in [1.165, 1.54) is 5.56 Å². The van der Waals surface area contributed by atoms with Gasteiger partial charge in [0, 0.05) is 25.5 Å². The molecule has 0 bridgehead atoms. The number of rotatable bonds is 5. The molecule has 2 aromatic carbocycles. The van der Waals surface area contributed by atoms with Crippen LogP contribution in [0.25, 0.3) is 0 Å². The fourth-order valence-corrected chi connectivity index (χ4v) is 2.55. The molecule has 0 spiro atoms. The molecular formula is C18H16Cl2N4. The van der Waals surface area contributed by atoms with E-state index in [9.17, 15) is 0 Å². The number of nitrogens with zero attached hydrogens (tertiary/aromatic N) is 3. The van der Waals surface area contributed by atoms with Gasteiger partial charge >= 0.3 is 0 Å². The molecule has 1 aromatic heterocycles. The van der Waals surface area contributed by atoms with Crippen molar-refractivity contribution in [2.45, 2.75) is 6.54 Å². The first-order valence-electron chi connectivity index (χ1n) is 7.42. The molecule has 0 saturated heterocycles. The van der Waals surface area contributed by atoms with E-state index in [0.717, 1.165) is 12.2 Å². The second-order valence-corrected chi connectivity index (χ2v) is 6.15. The lowest BCUT2D eigenvalue weighted by Gasteiger charge is -2.18. The summed E-state index contributed by atoms with van der Waals surface area (Å²) in [6.45, 7) is 0.733.